The van der Waals surface area contributed by atoms with E-state index in [2.05, 4.69) is 11.9 Å². The van der Waals surface area contributed by atoms with Crippen molar-refractivity contribution in [2.24, 2.45) is 0 Å². The second-order valence-corrected chi connectivity index (χ2v) is 4.86. The monoisotopic (exact) mass is 316 g/mol. The molecule has 1 aromatic carbocycles. The van der Waals surface area contributed by atoms with Gasteiger partial charge < -0.3 is 15.0 Å². The molecule has 0 bridgehead atoms. The summed E-state index contributed by atoms with van der Waals surface area (Å²) in [6.45, 7) is 6.28. The summed E-state index contributed by atoms with van der Waals surface area (Å²) >= 11 is 0. The van der Waals surface area contributed by atoms with E-state index in [4.69, 9.17) is 4.74 Å². The van der Waals surface area contributed by atoms with Crippen molar-refractivity contribution in [2.45, 2.75) is 19.8 Å². The zero-order valence-electron chi connectivity index (χ0n) is 14.0. The van der Waals surface area contributed by atoms with Crippen molar-refractivity contribution >= 4 is 17.9 Å². The number of aldehydes is 1. The van der Waals surface area contributed by atoms with E-state index < -0.39 is 0 Å². The summed E-state index contributed by atoms with van der Waals surface area (Å²) in [5, 5.41) is 2.59. The summed E-state index contributed by atoms with van der Waals surface area (Å²) in [4.78, 5) is 24.4. The number of carbonyl (C=O) groups excluding carboxylic acids is 2. The summed E-state index contributed by atoms with van der Waals surface area (Å²) in [6, 6.07) is 5.73. The minimum absolute atomic E-state index is 0.0623. The van der Waals surface area contributed by atoms with Crippen LogP contribution in [0.1, 0.15) is 24.5 Å². The fourth-order valence-electron chi connectivity index (χ4n) is 2.30. The molecule has 23 heavy (non-hydrogen) atoms. The lowest BCUT2D eigenvalue weighted by Crippen LogP contribution is -2.25. The topological polar surface area (TPSA) is 58.6 Å². The third kappa shape index (κ3) is 4.98. The van der Waals surface area contributed by atoms with Crippen molar-refractivity contribution in [2.75, 3.05) is 20.7 Å². The van der Waals surface area contributed by atoms with Crippen LogP contribution in [0, 0.1) is 0 Å². The third-order valence-corrected chi connectivity index (χ3v) is 3.58. The molecule has 0 saturated carbocycles. The van der Waals surface area contributed by atoms with Crippen LogP contribution in [0.15, 0.2) is 37.1 Å². The first-order valence-electron chi connectivity index (χ1n) is 7.53. The number of hydrogen-bond acceptors (Lipinski definition) is 4. The molecule has 0 unspecified atom stereocenters. The van der Waals surface area contributed by atoms with Crippen molar-refractivity contribution in [1.82, 2.24) is 10.2 Å². The Labute approximate surface area is 137 Å². The molecule has 1 amide bonds. The molecule has 0 aliphatic rings. The minimum Gasteiger partial charge on any atom is -0.497 e. The molecule has 0 aliphatic heterocycles. The molecule has 1 N–H and O–H groups in total. The van der Waals surface area contributed by atoms with Crippen molar-refractivity contribution in [1.29, 1.82) is 0 Å². The lowest BCUT2D eigenvalue weighted by atomic mass is 10.0. The van der Waals surface area contributed by atoms with Crippen LogP contribution in [0.25, 0.3) is 5.70 Å². The van der Waals surface area contributed by atoms with E-state index in [0.29, 0.717) is 13.0 Å². The first-order valence-corrected chi connectivity index (χ1v) is 7.53. The van der Waals surface area contributed by atoms with Gasteiger partial charge in [-0.25, -0.2) is 0 Å². The molecule has 1 aromatic rings. The third-order valence-electron chi connectivity index (χ3n) is 3.58. The Morgan fingerprint density at radius 2 is 2.17 bits per heavy atom. The van der Waals surface area contributed by atoms with E-state index in [1.807, 2.05) is 30.0 Å². The molecule has 0 saturated heterocycles. The zero-order chi connectivity index (χ0) is 17.2. The number of methoxy groups -OCH3 is 1. The van der Waals surface area contributed by atoms with E-state index in [-0.39, 0.29) is 5.91 Å². The van der Waals surface area contributed by atoms with E-state index in [1.165, 1.54) is 6.08 Å². The van der Waals surface area contributed by atoms with Crippen LogP contribution in [0.3, 0.4) is 0 Å². The lowest BCUT2D eigenvalue weighted by Gasteiger charge is -2.25. The fourth-order valence-corrected chi connectivity index (χ4v) is 2.30. The maximum atomic E-state index is 11.5. The Balaban J connectivity index is 3.19. The van der Waals surface area contributed by atoms with E-state index in [9.17, 15) is 9.59 Å². The van der Waals surface area contributed by atoms with Crippen LogP contribution < -0.4 is 10.1 Å². The van der Waals surface area contributed by atoms with Crippen LogP contribution in [-0.2, 0) is 16.0 Å². The molecule has 1 rings (SSSR count). The Hall–Kier alpha value is -2.56. The number of hydrogen-bond donors (Lipinski definition) is 1. The van der Waals surface area contributed by atoms with Crippen molar-refractivity contribution in [3.05, 3.63) is 48.2 Å². The van der Waals surface area contributed by atoms with Gasteiger partial charge in [-0.15, -0.1) is 0 Å². The Morgan fingerprint density at radius 3 is 2.70 bits per heavy atom. The Morgan fingerprint density at radius 1 is 1.43 bits per heavy atom. The minimum atomic E-state index is -0.0623. The first kappa shape index (κ1) is 18.5. The predicted molar refractivity (Wildman–Crippen MR) is 92.0 cm³/mol. The average molecular weight is 316 g/mol. The fraction of sp³-hybridized carbons (Fsp3) is 0.333. The number of rotatable bonds is 9. The Bertz CT molecular complexity index is 594. The van der Waals surface area contributed by atoms with Crippen LogP contribution in [-0.4, -0.2) is 37.8 Å². The summed E-state index contributed by atoms with van der Waals surface area (Å²) in [5.74, 6) is 0.708. The van der Waals surface area contributed by atoms with Crippen LogP contribution in [0.2, 0.25) is 0 Å². The summed E-state index contributed by atoms with van der Waals surface area (Å²) in [6.07, 6.45) is 4.98. The molecule has 0 atom stereocenters. The van der Waals surface area contributed by atoms with Crippen LogP contribution in [0.4, 0.5) is 0 Å². The van der Waals surface area contributed by atoms with Crippen molar-refractivity contribution in [3.8, 4) is 5.75 Å². The highest BCUT2D eigenvalue weighted by Crippen LogP contribution is 2.27. The van der Waals surface area contributed by atoms with Gasteiger partial charge in [0.1, 0.15) is 12.0 Å². The number of nitrogens with zero attached hydrogens (tertiary/aromatic N) is 1. The van der Waals surface area contributed by atoms with Crippen molar-refractivity contribution in [3.63, 3.8) is 0 Å². The van der Waals surface area contributed by atoms with Gasteiger partial charge in [0.05, 0.1) is 12.8 Å². The van der Waals surface area contributed by atoms with Gasteiger partial charge in [-0.3, -0.25) is 9.59 Å². The molecule has 0 aromatic heterocycles. The number of amides is 1. The second-order valence-electron chi connectivity index (χ2n) is 4.86. The number of carbonyl (C=O) groups is 2. The van der Waals surface area contributed by atoms with Gasteiger partial charge in [0.2, 0.25) is 5.91 Å². The smallest absolute Gasteiger partial charge is 0.221 e. The molecule has 0 heterocycles. The number of nitrogens with one attached hydrogen (secondary N) is 1. The quantitative estimate of drug-likeness (QED) is 0.561. The number of allylic oxidation sites excluding steroid dienone is 1. The Kier molecular flexibility index (Phi) is 7.60. The lowest BCUT2D eigenvalue weighted by molar-refractivity contribution is -0.120. The van der Waals surface area contributed by atoms with Gasteiger partial charge in [0.15, 0.2) is 0 Å². The molecule has 5 heteroatoms. The number of ether oxygens (including phenoxy) is 1. The van der Waals surface area contributed by atoms with Crippen molar-refractivity contribution < 1.29 is 14.3 Å². The zero-order valence-corrected chi connectivity index (χ0v) is 14.0. The molecule has 0 aliphatic carbocycles. The largest absolute Gasteiger partial charge is 0.497 e. The van der Waals surface area contributed by atoms with Crippen LogP contribution >= 0.6 is 0 Å². The van der Waals surface area contributed by atoms with Gasteiger partial charge in [-0.2, -0.15) is 0 Å². The molecular weight excluding hydrogens is 292 g/mol. The van der Waals surface area contributed by atoms with Gasteiger partial charge in [-0.05, 0) is 36.4 Å². The van der Waals surface area contributed by atoms with E-state index >= 15 is 0 Å². The highest BCUT2D eigenvalue weighted by molar-refractivity contribution is 5.83. The standard InChI is InChI=1S/C18H24N2O3/c1-5-14-13-15(23-4)7-8-16(14)17(10-12-21)20(6-2)11-9-18(22)19-3/h6-8,10,12-13H,2,5,9,11H2,1,3-4H3,(H,19,22)/b17-10-. The van der Waals surface area contributed by atoms with Crippen LogP contribution in [0.5, 0.6) is 5.75 Å². The SMILES string of the molecule is C=CN(CCC(=O)NC)/C(=C\C=O)c1ccc(OC)cc1CC. The molecular formula is C18H24N2O3. The second kappa shape index (κ2) is 9.46. The average Bonchev–Trinajstić information content (AvgIpc) is 2.60. The summed E-state index contributed by atoms with van der Waals surface area (Å²) in [7, 11) is 3.22. The van der Waals surface area contributed by atoms with Gasteiger partial charge in [0.25, 0.3) is 0 Å². The highest BCUT2D eigenvalue weighted by atomic mass is 16.5. The molecule has 0 spiro atoms. The van der Waals surface area contributed by atoms with E-state index in [0.717, 1.165) is 35.3 Å². The highest BCUT2D eigenvalue weighted by Gasteiger charge is 2.14. The first-order chi connectivity index (χ1) is 11.1. The summed E-state index contributed by atoms with van der Waals surface area (Å²) in [5.41, 5.74) is 2.71. The predicted octanol–water partition coefficient (Wildman–Crippen LogP) is 2.38. The molecule has 5 nitrogen and oxygen atoms in total. The number of aryl methyl sites for hydroxylation is 1. The molecule has 0 fully saturated rings. The maximum absolute atomic E-state index is 11.5. The number of benzene rings is 1. The van der Waals surface area contributed by atoms with E-state index in [1.54, 1.807) is 20.4 Å². The van der Waals surface area contributed by atoms with Gasteiger partial charge in [0, 0.05) is 31.7 Å². The van der Waals surface area contributed by atoms with Gasteiger partial charge >= 0.3 is 0 Å². The summed E-state index contributed by atoms with van der Waals surface area (Å²) < 4.78 is 5.26. The molecule has 124 valence electrons. The normalized spacial score (nSPS) is 10.8. The molecule has 0 radical (unpaired) electrons. The van der Waals surface area contributed by atoms with Gasteiger partial charge in [-0.1, -0.05) is 13.5 Å². The maximum Gasteiger partial charge on any atom is 0.221 e.